The maximum Gasteiger partial charge on any atom is 0.156 e. The van der Waals surface area contributed by atoms with Crippen molar-refractivity contribution in [3.8, 4) is 6.07 Å². The SMILES string of the molecule is CC(C)NC(C#N)(COCCC1CC1)c1ccccc1. The van der Waals surface area contributed by atoms with Crippen molar-refractivity contribution in [1.29, 1.82) is 5.26 Å². The lowest BCUT2D eigenvalue weighted by Crippen LogP contribution is -2.48. The van der Waals surface area contributed by atoms with Gasteiger partial charge in [0.1, 0.15) is 0 Å². The van der Waals surface area contributed by atoms with Crippen LogP contribution in [-0.2, 0) is 10.3 Å². The molecule has 20 heavy (non-hydrogen) atoms. The molecule has 108 valence electrons. The molecule has 2 rings (SSSR count). The lowest BCUT2D eigenvalue weighted by atomic mass is 9.91. The molecule has 0 amide bonds. The van der Waals surface area contributed by atoms with E-state index < -0.39 is 5.54 Å². The third kappa shape index (κ3) is 4.06. The number of nitrogens with one attached hydrogen (secondary N) is 1. The van der Waals surface area contributed by atoms with E-state index in [2.05, 4.69) is 25.2 Å². The number of hydrogen-bond donors (Lipinski definition) is 1. The van der Waals surface area contributed by atoms with Crippen molar-refractivity contribution in [2.75, 3.05) is 13.2 Å². The average molecular weight is 272 g/mol. The maximum absolute atomic E-state index is 9.71. The Bertz CT molecular complexity index is 448. The Balaban J connectivity index is 2.03. The van der Waals surface area contributed by atoms with Crippen LogP contribution < -0.4 is 5.32 Å². The van der Waals surface area contributed by atoms with Crippen molar-refractivity contribution < 1.29 is 4.74 Å². The highest BCUT2D eigenvalue weighted by molar-refractivity contribution is 5.31. The molecule has 1 aromatic rings. The largest absolute Gasteiger partial charge is 0.378 e. The zero-order chi connectivity index (χ0) is 14.4. The van der Waals surface area contributed by atoms with Crippen LogP contribution in [0.1, 0.15) is 38.7 Å². The summed E-state index contributed by atoms with van der Waals surface area (Å²) in [4.78, 5) is 0. The Morgan fingerprint density at radius 1 is 1.35 bits per heavy atom. The second-order valence-electron chi connectivity index (χ2n) is 5.97. The van der Waals surface area contributed by atoms with Crippen molar-refractivity contribution in [1.82, 2.24) is 5.32 Å². The summed E-state index contributed by atoms with van der Waals surface area (Å²) < 4.78 is 5.81. The van der Waals surface area contributed by atoms with E-state index in [1.54, 1.807) is 0 Å². The summed E-state index contributed by atoms with van der Waals surface area (Å²) in [6.07, 6.45) is 3.81. The molecule has 1 N–H and O–H groups in total. The second kappa shape index (κ2) is 6.88. The molecule has 1 unspecified atom stereocenters. The molecule has 0 radical (unpaired) electrons. The first-order valence-corrected chi connectivity index (χ1v) is 7.48. The molecule has 1 saturated carbocycles. The number of nitriles is 1. The Morgan fingerprint density at radius 2 is 2.05 bits per heavy atom. The minimum atomic E-state index is -0.751. The summed E-state index contributed by atoms with van der Waals surface area (Å²) in [7, 11) is 0. The van der Waals surface area contributed by atoms with Gasteiger partial charge in [0.15, 0.2) is 5.54 Å². The molecule has 0 spiro atoms. The second-order valence-corrected chi connectivity index (χ2v) is 5.97. The molecule has 1 aliphatic rings. The minimum absolute atomic E-state index is 0.224. The average Bonchev–Trinajstić information content (AvgIpc) is 3.27. The van der Waals surface area contributed by atoms with Gasteiger partial charge < -0.3 is 4.74 Å². The third-order valence-electron chi connectivity index (χ3n) is 3.68. The van der Waals surface area contributed by atoms with Gasteiger partial charge in [0, 0.05) is 12.6 Å². The molecule has 0 saturated heterocycles. The summed E-state index contributed by atoms with van der Waals surface area (Å²) in [5.41, 5.74) is 0.224. The van der Waals surface area contributed by atoms with E-state index in [1.807, 2.05) is 30.3 Å². The first-order valence-electron chi connectivity index (χ1n) is 7.48. The lowest BCUT2D eigenvalue weighted by Gasteiger charge is -2.30. The normalized spacial score (nSPS) is 17.7. The van der Waals surface area contributed by atoms with Gasteiger partial charge in [0.05, 0.1) is 12.7 Å². The number of nitrogens with zero attached hydrogens (tertiary/aromatic N) is 1. The van der Waals surface area contributed by atoms with E-state index in [0.29, 0.717) is 6.61 Å². The van der Waals surface area contributed by atoms with Crippen LogP contribution >= 0.6 is 0 Å². The van der Waals surface area contributed by atoms with Gasteiger partial charge in [-0.3, -0.25) is 5.32 Å². The first-order chi connectivity index (χ1) is 9.66. The van der Waals surface area contributed by atoms with Crippen LogP contribution in [-0.4, -0.2) is 19.3 Å². The summed E-state index contributed by atoms with van der Waals surface area (Å²) >= 11 is 0. The highest BCUT2D eigenvalue weighted by Gasteiger charge is 2.33. The molecule has 1 fully saturated rings. The Labute approximate surface area is 121 Å². The molecule has 3 nitrogen and oxygen atoms in total. The summed E-state index contributed by atoms with van der Waals surface area (Å²) in [6.45, 7) is 5.26. The summed E-state index contributed by atoms with van der Waals surface area (Å²) in [5.74, 6) is 0.862. The molecule has 0 aromatic heterocycles. The summed E-state index contributed by atoms with van der Waals surface area (Å²) in [5, 5.41) is 13.1. The number of rotatable bonds is 8. The highest BCUT2D eigenvalue weighted by atomic mass is 16.5. The quantitative estimate of drug-likeness (QED) is 0.739. The van der Waals surface area contributed by atoms with E-state index >= 15 is 0 Å². The van der Waals surface area contributed by atoms with Crippen LogP contribution in [0.25, 0.3) is 0 Å². The van der Waals surface area contributed by atoms with Gasteiger partial charge >= 0.3 is 0 Å². The monoisotopic (exact) mass is 272 g/mol. The van der Waals surface area contributed by atoms with E-state index in [-0.39, 0.29) is 6.04 Å². The zero-order valence-electron chi connectivity index (χ0n) is 12.4. The maximum atomic E-state index is 9.71. The topological polar surface area (TPSA) is 45.0 Å². The Hall–Kier alpha value is -1.37. The fraction of sp³-hybridized carbons (Fsp3) is 0.588. The van der Waals surface area contributed by atoms with Crippen LogP contribution in [0.2, 0.25) is 0 Å². The van der Waals surface area contributed by atoms with Crippen LogP contribution in [0.15, 0.2) is 30.3 Å². The fourth-order valence-electron chi connectivity index (χ4n) is 2.43. The number of benzene rings is 1. The van der Waals surface area contributed by atoms with E-state index in [4.69, 9.17) is 4.74 Å². The smallest absolute Gasteiger partial charge is 0.156 e. The predicted molar refractivity (Wildman–Crippen MR) is 80.2 cm³/mol. The molecular weight excluding hydrogens is 248 g/mol. The van der Waals surface area contributed by atoms with Crippen molar-refractivity contribution in [3.05, 3.63) is 35.9 Å². The van der Waals surface area contributed by atoms with Gasteiger partial charge in [-0.2, -0.15) is 5.26 Å². The molecule has 0 heterocycles. The van der Waals surface area contributed by atoms with Crippen LogP contribution in [0.5, 0.6) is 0 Å². The molecular formula is C17H24N2O. The van der Waals surface area contributed by atoms with Crippen molar-refractivity contribution >= 4 is 0 Å². The number of ether oxygens (including phenoxy) is 1. The van der Waals surface area contributed by atoms with Gasteiger partial charge in [0.25, 0.3) is 0 Å². The van der Waals surface area contributed by atoms with Crippen molar-refractivity contribution in [2.45, 2.75) is 44.7 Å². The van der Waals surface area contributed by atoms with Gasteiger partial charge in [-0.1, -0.05) is 43.2 Å². The molecule has 1 atom stereocenters. The minimum Gasteiger partial charge on any atom is -0.378 e. The van der Waals surface area contributed by atoms with Crippen molar-refractivity contribution in [2.24, 2.45) is 5.92 Å². The predicted octanol–water partition coefficient (Wildman–Crippen LogP) is 3.22. The molecule has 0 bridgehead atoms. The van der Waals surface area contributed by atoms with E-state index in [9.17, 15) is 5.26 Å². The molecule has 1 aromatic carbocycles. The summed E-state index contributed by atoms with van der Waals surface area (Å²) in [6, 6.07) is 12.5. The van der Waals surface area contributed by atoms with E-state index in [1.165, 1.54) is 12.8 Å². The standard InChI is InChI=1S/C17H24N2O/c1-14(2)19-17(12-18,16-6-4-3-5-7-16)13-20-11-10-15-8-9-15/h3-7,14-15,19H,8-11,13H2,1-2H3. The van der Waals surface area contributed by atoms with Gasteiger partial charge in [-0.25, -0.2) is 0 Å². The van der Waals surface area contributed by atoms with Gasteiger partial charge in [-0.05, 0) is 31.7 Å². The highest BCUT2D eigenvalue weighted by Crippen LogP contribution is 2.32. The molecule has 0 aliphatic heterocycles. The first kappa shape index (κ1) is 15.0. The molecule has 1 aliphatic carbocycles. The Morgan fingerprint density at radius 3 is 2.60 bits per heavy atom. The van der Waals surface area contributed by atoms with Gasteiger partial charge in [0.2, 0.25) is 0 Å². The van der Waals surface area contributed by atoms with Crippen LogP contribution in [0.3, 0.4) is 0 Å². The lowest BCUT2D eigenvalue weighted by molar-refractivity contribution is 0.0809. The number of hydrogen-bond acceptors (Lipinski definition) is 3. The van der Waals surface area contributed by atoms with Gasteiger partial charge in [-0.15, -0.1) is 0 Å². The third-order valence-corrected chi connectivity index (χ3v) is 3.68. The van der Waals surface area contributed by atoms with Crippen LogP contribution in [0.4, 0.5) is 0 Å². The Kier molecular flexibility index (Phi) is 5.17. The molecule has 3 heteroatoms. The zero-order valence-corrected chi connectivity index (χ0v) is 12.4. The van der Waals surface area contributed by atoms with E-state index in [0.717, 1.165) is 24.5 Å². The van der Waals surface area contributed by atoms with Crippen LogP contribution in [0, 0.1) is 17.2 Å². The fourth-order valence-corrected chi connectivity index (χ4v) is 2.43. The van der Waals surface area contributed by atoms with Crippen molar-refractivity contribution in [3.63, 3.8) is 0 Å².